The number of phenols is 1. The minimum absolute atomic E-state index is 0.0868. The number of hydrogen-bond donors (Lipinski definition) is 2. The van der Waals surface area contributed by atoms with Gasteiger partial charge in [-0.1, -0.05) is 0 Å². The smallest absolute Gasteiger partial charge is 0.129 e. The third kappa shape index (κ3) is 2.12. The van der Waals surface area contributed by atoms with Gasteiger partial charge in [-0.05, 0) is 51.3 Å². The molecule has 3 aliphatic rings. The van der Waals surface area contributed by atoms with Crippen molar-refractivity contribution in [2.75, 3.05) is 13.1 Å². The zero-order valence-electron chi connectivity index (χ0n) is 12.6. The molecular formula is C17H23NO3. The molecule has 3 heterocycles. The molecule has 114 valence electrons. The molecule has 2 saturated heterocycles. The van der Waals surface area contributed by atoms with Crippen molar-refractivity contribution in [3.63, 3.8) is 0 Å². The molecule has 4 nitrogen and oxygen atoms in total. The van der Waals surface area contributed by atoms with Gasteiger partial charge in [0.2, 0.25) is 0 Å². The number of benzene rings is 1. The van der Waals surface area contributed by atoms with Gasteiger partial charge < -0.3 is 19.9 Å². The molecular weight excluding hydrogens is 266 g/mol. The van der Waals surface area contributed by atoms with Gasteiger partial charge in [-0.15, -0.1) is 0 Å². The number of aromatic hydroxyl groups is 1. The summed E-state index contributed by atoms with van der Waals surface area (Å²) in [6, 6.07) is 5.40. The van der Waals surface area contributed by atoms with Gasteiger partial charge in [0, 0.05) is 24.1 Å². The van der Waals surface area contributed by atoms with E-state index in [1.807, 2.05) is 6.07 Å². The van der Waals surface area contributed by atoms with Crippen LogP contribution in [0.4, 0.5) is 0 Å². The summed E-state index contributed by atoms with van der Waals surface area (Å²) in [6.07, 6.45) is 2.66. The maximum atomic E-state index is 9.71. The van der Waals surface area contributed by atoms with E-state index in [9.17, 15) is 5.11 Å². The number of hydrogen-bond acceptors (Lipinski definition) is 4. The Kier molecular flexibility index (Phi) is 2.95. The topological polar surface area (TPSA) is 50.7 Å². The summed E-state index contributed by atoms with van der Waals surface area (Å²) in [6.45, 7) is 6.36. The van der Waals surface area contributed by atoms with Crippen molar-refractivity contribution in [2.45, 2.75) is 44.5 Å². The summed E-state index contributed by atoms with van der Waals surface area (Å²) in [5, 5.41) is 13.2. The molecule has 0 aliphatic carbocycles. The average Bonchev–Trinajstić information content (AvgIpc) is 2.45. The van der Waals surface area contributed by atoms with Gasteiger partial charge in [0.15, 0.2) is 0 Å². The summed E-state index contributed by atoms with van der Waals surface area (Å²) >= 11 is 0. The van der Waals surface area contributed by atoms with Gasteiger partial charge >= 0.3 is 0 Å². The van der Waals surface area contributed by atoms with Crippen LogP contribution in [0.2, 0.25) is 0 Å². The predicted molar refractivity (Wildman–Crippen MR) is 79.5 cm³/mol. The first-order valence-electron chi connectivity index (χ1n) is 7.93. The molecule has 3 aliphatic heterocycles. The summed E-state index contributed by atoms with van der Waals surface area (Å²) in [5.74, 6) is 1.96. The Morgan fingerprint density at radius 1 is 1.33 bits per heavy atom. The lowest BCUT2D eigenvalue weighted by Crippen LogP contribution is -2.54. The van der Waals surface area contributed by atoms with Crippen LogP contribution in [0.3, 0.4) is 0 Å². The van der Waals surface area contributed by atoms with Crippen molar-refractivity contribution in [2.24, 2.45) is 11.8 Å². The van der Waals surface area contributed by atoms with Gasteiger partial charge in [-0.2, -0.15) is 0 Å². The fraction of sp³-hybridized carbons (Fsp3) is 0.647. The number of phenolic OH excluding ortho intramolecular Hbond substituents is 1. The second-order valence-corrected chi connectivity index (χ2v) is 7.12. The molecule has 2 fully saturated rings. The minimum Gasteiger partial charge on any atom is -0.508 e. The van der Waals surface area contributed by atoms with Crippen molar-refractivity contribution >= 4 is 0 Å². The molecule has 0 radical (unpaired) electrons. The first-order chi connectivity index (χ1) is 10.0. The van der Waals surface area contributed by atoms with Crippen LogP contribution in [0.25, 0.3) is 0 Å². The molecule has 2 N–H and O–H groups in total. The lowest BCUT2D eigenvalue weighted by Gasteiger charge is -2.52. The van der Waals surface area contributed by atoms with E-state index in [2.05, 4.69) is 19.2 Å². The highest BCUT2D eigenvalue weighted by atomic mass is 16.5. The third-order valence-corrected chi connectivity index (χ3v) is 5.35. The minimum atomic E-state index is -0.270. The lowest BCUT2D eigenvalue weighted by molar-refractivity contribution is -0.178. The molecule has 4 heteroatoms. The molecule has 21 heavy (non-hydrogen) atoms. The van der Waals surface area contributed by atoms with Crippen molar-refractivity contribution in [1.82, 2.24) is 5.32 Å². The van der Waals surface area contributed by atoms with E-state index < -0.39 is 0 Å². The Bertz CT molecular complexity index is 557. The lowest BCUT2D eigenvalue weighted by atomic mass is 9.71. The largest absolute Gasteiger partial charge is 0.508 e. The Balaban J connectivity index is 1.73. The van der Waals surface area contributed by atoms with E-state index in [1.54, 1.807) is 12.1 Å². The molecule has 4 atom stereocenters. The standard InChI is InChI=1S/C17H23NO3/c1-17(2)13-7-10-9-18-6-5-14(10)20-16(13)12-4-3-11(19)8-15(12)21-17/h3-4,8,10,13-14,16,18-19H,5-7,9H2,1-2H3/t10-,13-,14-,16+/m1/s1. The number of ether oxygens (including phenoxy) is 2. The first kappa shape index (κ1) is 13.4. The fourth-order valence-corrected chi connectivity index (χ4v) is 4.19. The van der Waals surface area contributed by atoms with Gasteiger partial charge in [-0.3, -0.25) is 0 Å². The van der Waals surface area contributed by atoms with E-state index in [1.165, 1.54) is 0 Å². The molecule has 0 saturated carbocycles. The molecule has 0 unspecified atom stereocenters. The maximum Gasteiger partial charge on any atom is 0.129 e. The van der Waals surface area contributed by atoms with Crippen LogP contribution < -0.4 is 10.1 Å². The average molecular weight is 289 g/mol. The van der Waals surface area contributed by atoms with Gasteiger partial charge in [-0.25, -0.2) is 0 Å². The zero-order valence-corrected chi connectivity index (χ0v) is 12.6. The molecule has 1 aromatic carbocycles. The maximum absolute atomic E-state index is 9.71. The number of fused-ring (bicyclic) bond motifs is 4. The first-order valence-corrected chi connectivity index (χ1v) is 7.93. The van der Waals surface area contributed by atoms with Gasteiger partial charge in [0.05, 0.1) is 12.2 Å². The predicted octanol–water partition coefficient (Wildman–Crippen LogP) is 2.62. The number of rotatable bonds is 0. The fourth-order valence-electron chi connectivity index (χ4n) is 4.19. The second-order valence-electron chi connectivity index (χ2n) is 7.12. The Morgan fingerprint density at radius 3 is 3.05 bits per heavy atom. The molecule has 4 rings (SSSR count). The van der Waals surface area contributed by atoms with Crippen LogP contribution in [0.5, 0.6) is 11.5 Å². The van der Waals surface area contributed by atoms with Gasteiger partial charge in [0.25, 0.3) is 0 Å². The van der Waals surface area contributed by atoms with Crippen molar-refractivity contribution in [3.05, 3.63) is 23.8 Å². The van der Waals surface area contributed by atoms with Crippen LogP contribution in [-0.4, -0.2) is 29.9 Å². The number of nitrogens with one attached hydrogen (secondary N) is 1. The Morgan fingerprint density at radius 2 is 2.19 bits per heavy atom. The van der Waals surface area contributed by atoms with Crippen molar-refractivity contribution in [1.29, 1.82) is 0 Å². The van der Waals surface area contributed by atoms with Crippen LogP contribution >= 0.6 is 0 Å². The van der Waals surface area contributed by atoms with E-state index in [0.29, 0.717) is 17.9 Å². The highest BCUT2D eigenvalue weighted by Gasteiger charge is 2.50. The quantitative estimate of drug-likeness (QED) is 0.771. The molecule has 0 aromatic heterocycles. The normalized spacial score (nSPS) is 36.9. The van der Waals surface area contributed by atoms with E-state index in [4.69, 9.17) is 9.47 Å². The SMILES string of the molecule is CC1(C)Oc2cc(O)ccc2[C@@H]2O[C@@H]3CCNC[C@H]3C[C@H]21. The van der Waals surface area contributed by atoms with Crippen LogP contribution in [0, 0.1) is 11.8 Å². The summed E-state index contributed by atoms with van der Waals surface area (Å²) < 4.78 is 12.7. The molecule has 0 amide bonds. The second kappa shape index (κ2) is 4.62. The van der Waals surface area contributed by atoms with E-state index in [0.717, 1.165) is 37.2 Å². The molecule has 0 bridgehead atoms. The Hall–Kier alpha value is -1.26. The van der Waals surface area contributed by atoms with Crippen molar-refractivity contribution < 1.29 is 14.6 Å². The highest BCUT2D eigenvalue weighted by molar-refractivity contribution is 5.44. The highest BCUT2D eigenvalue weighted by Crippen LogP contribution is 2.52. The van der Waals surface area contributed by atoms with Crippen molar-refractivity contribution in [3.8, 4) is 11.5 Å². The third-order valence-electron chi connectivity index (χ3n) is 5.35. The summed E-state index contributed by atoms with van der Waals surface area (Å²) in [7, 11) is 0. The molecule has 0 spiro atoms. The van der Waals surface area contributed by atoms with E-state index in [-0.39, 0.29) is 17.5 Å². The summed E-state index contributed by atoms with van der Waals surface area (Å²) in [5.41, 5.74) is 0.822. The van der Waals surface area contributed by atoms with Gasteiger partial charge in [0.1, 0.15) is 17.1 Å². The zero-order chi connectivity index (χ0) is 14.6. The monoisotopic (exact) mass is 289 g/mol. The molecule has 1 aromatic rings. The van der Waals surface area contributed by atoms with Crippen LogP contribution in [-0.2, 0) is 4.74 Å². The van der Waals surface area contributed by atoms with Crippen LogP contribution in [0.1, 0.15) is 38.4 Å². The van der Waals surface area contributed by atoms with Crippen LogP contribution in [0.15, 0.2) is 18.2 Å². The van der Waals surface area contributed by atoms with E-state index >= 15 is 0 Å². The number of piperidine rings is 1. The Labute approximate surface area is 125 Å². The summed E-state index contributed by atoms with van der Waals surface area (Å²) in [4.78, 5) is 0.